The summed E-state index contributed by atoms with van der Waals surface area (Å²) in [5.41, 5.74) is 6.29. The zero-order valence-electron chi connectivity index (χ0n) is 13.0. The van der Waals surface area contributed by atoms with E-state index in [1.807, 2.05) is 4.90 Å². The van der Waals surface area contributed by atoms with Crippen molar-refractivity contribution < 1.29 is 14.3 Å². The number of nitrogens with two attached hydrogens (primary N) is 1. The number of amides is 2. The minimum Gasteiger partial charge on any atom is -0.501 e. The highest BCUT2D eigenvalue weighted by Gasteiger charge is 2.36. The van der Waals surface area contributed by atoms with E-state index in [2.05, 4.69) is 4.90 Å². The highest BCUT2D eigenvalue weighted by atomic mass is 16.5. The van der Waals surface area contributed by atoms with Crippen LogP contribution in [-0.2, 0) is 14.3 Å². The highest BCUT2D eigenvalue weighted by Crippen LogP contribution is 2.27. The number of rotatable bonds is 3. The summed E-state index contributed by atoms with van der Waals surface area (Å²) in [5.74, 6) is -0.0912. The fourth-order valence-electron chi connectivity index (χ4n) is 3.86. The molecule has 0 aliphatic carbocycles. The van der Waals surface area contributed by atoms with Crippen molar-refractivity contribution in [1.82, 2.24) is 9.80 Å². The molecule has 0 aromatic carbocycles. The summed E-state index contributed by atoms with van der Waals surface area (Å²) in [6.07, 6.45) is 7.11. The van der Waals surface area contributed by atoms with Crippen LogP contribution in [0.5, 0.6) is 0 Å². The fourth-order valence-corrected chi connectivity index (χ4v) is 3.86. The third kappa shape index (κ3) is 3.11. The molecule has 6 nitrogen and oxygen atoms in total. The molecule has 6 heteroatoms. The number of hydrogen-bond acceptors (Lipinski definition) is 4. The molecule has 3 aliphatic heterocycles. The smallest absolute Gasteiger partial charge is 0.252 e. The molecule has 0 saturated carbocycles. The van der Waals surface area contributed by atoms with Crippen molar-refractivity contribution in [2.24, 2.45) is 5.73 Å². The summed E-state index contributed by atoms with van der Waals surface area (Å²) in [6, 6.07) is 0.266. The maximum Gasteiger partial charge on any atom is 0.252 e. The Kier molecular flexibility index (Phi) is 4.66. The Labute approximate surface area is 131 Å². The van der Waals surface area contributed by atoms with Gasteiger partial charge in [0.05, 0.1) is 24.5 Å². The lowest BCUT2D eigenvalue weighted by Gasteiger charge is -2.39. The topological polar surface area (TPSA) is 75.9 Å². The van der Waals surface area contributed by atoms with Crippen molar-refractivity contribution in [3.63, 3.8) is 0 Å². The first-order valence-corrected chi connectivity index (χ1v) is 8.32. The fraction of sp³-hybridized carbons (Fsp3) is 0.750. The second-order valence-electron chi connectivity index (χ2n) is 6.44. The van der Waals surface area contributed by atoms with E-state index in [1.165, 1.54) is 0 Å². The lowest BCUT2D eigenvalue weighted by molar-refractivity contribution is -0.130. The predicted molar refractivity (Wildman–Crippen MR) is 81.8 cm³/mol. The van der Waals surface area contributed by atoms with Gasteiger partial charge in [-0.2, -0.15) is 0 Å². The normalized spacial score (nSPS) is 27.4. The van der Waals surface area contributed by atoms with Crippen molar-refractivity contribution in [2.75, 3.05) is 26.2 Å². The van der Waals surface area contributed by atoms with Gasteiger partial charge in [0.25, 0.3) is 5.91 Å². The Hall–Kier alpha value is -1.56. The third-order valence-electron chi connectivity index (χ3n) is 5.05. The van der Waals surface area contributed by atoms with E-state index in [-0.39, 0.29) is 17.9 Å². The van der Waals surface area contributed by atoms with Crippen LogP contribution in [-0.4, -0.2) is 59.9 Å². The van der Waals surface area contributed by atoms with Gasteiger partial charge in [-0.3, -0.25) is 14.5 Å². The summed E-state index contributed by atoms with van der Waals surface area (Å²) < 4.78 is 5.27. The number of likely N-dealkylation sites (tertiary alicyclic amines) is 2. The molecular weight excluding hydrogens is 282 g/mol. The Balaban J connectivity index is 1.55. The Bertz CT molecular complexity index is 469. The number of carbonyl (C=O) groups is 2. The van der Waals surface area contributed by atoms with Crippen molar-refractivity contribution in [2.45, 2.75) is 50.6 Å². The molecule has 0 radical (unpaired) electrons. The predicted octanol–water partition coefficient (Wildman–Crippen LogP) is 0.621. The average molecular weight is 307 g/mol. The van der Waals surface area contributed by atoms with Crippen LogP contribution in [0.3, 0.4) is 0 Å². The minimum absolute atomic E-state index is 0.110. The number of primary amides is 1. The molecule has 1 atom stereocenters. The van der Waals surface area contributed by atoms with Crippen LogP contribution in [0, 0.1) is 0 Å². The van der Waals surface area contributed by atoms with Crippen LogP contribution in [0.15, 0.2) is 11.8 Å². The van der Waals surface area contributed by atoms with E-state index in [1.54, 1.807) is 6.26 Å². The summed E-state index contributed by atoms with van der Waals surface area (Å²) in [5, 5.41) is 0. The van der Waals surface area contributed by atoms with E-state index < -0.39 is 0 Å². The molecule has 1 unspecified atom stereocenters. The van der Waals surface area contributed by atoms with Gasteiger partial charge in [0.1, 0.15) is 0 Å². The first-order chi connectivity index (χ1) is 10.7. The van der Waals surface area contributed by atoms with Crippen LogP contribution in [0.2, 0.25) is 0 Å². The zero-order chi connectivity index (χ0) is 15.5. The van der Waals surface area contributed by atoms with Gasteiger partial charge in [-0.05, 0) is 45.1 Å². The molecule has 2 amide bonds. The van der Waals surface area contributed by atoms with Gasteiger partial charge in [0.15, 0.2) is 0 Å². The summed E-state index contributed by atoms with van der Waals surface area (Å²) >= 11 is 0. The molecule has 0 aromatic rings. The van der Waals surface area contributed by atoms with Crippen LogP contribution in [0.25, 0.3) is 0 Å². The van der Waals surface area contributed by atoms with Gasteiger partial charge in [0, 0.05) is 19.1 Å². The molecule has 122 valence electrons. The lowest BCUT2D eigenvalue weighted by atomic mass is 10.0. The maximum atomic E-state index is 12.4. The number of carbonyl (C=O) groups excluding carboxylic acids is 2. The molecular formula is C16H25N3O3. The van der Waals surface area contributed by atoms with Crippen molar-refractivity contribution >= 4 is 11.8 Å². The second kappa shape index (κ2) is 6.69. The van der Waals surface area contributed by atoms with Gasteiger partial charge in [0.2, 0.25) is 5.91 Å². The van der Waals surface area contributed by atoms with Crippen molar-refractivity contribution in [3.05, 3.63) is 11.8 Å². The molecule has 22 heavy (non-hydrogen) atoms. The Morgan fingerprint density at radius 3 is 2.55 bits per heavy atom. The molecule has 3 aliphatic rings. The largest absolute Gasteiger partial charge is 0.501 e. The summed E-state index contributed by atoms with van der Waals surface area (Å²) in [7, 11) is 0. The molecule has 3 rings (SSSR count). The maximum absolute atomic E-state index is 12.4. The molecule has 2 fully saturated rings. The molecule has 0 spiro atoms. The molecule has 0 bridgehead atoms. The van der Waals surface area contributed by atoms with Gasteiger partial charge in [-0.25, -0.2) is 0 Å². The first kappa shape index (κ1) is 15.3. The number of ether oxygens (including phenoxy) is 1. The standard InChI is InChI=1S/C16H25N3O3/c17-15(20)14-4-1-7-19(14)13-5-8-18(9-6-13)16(21)12-3-2-10-22-11-12/h11,13-14H,1-10H2,(H2,17,20). The minimum atomic E-state index is -0.208. The van der Waals surface area contributed by atoms with Gasteiger partial charge < -0.3 is 15.4 Å². The van der Waals surface area contributed by atoms with E-state index in [0.29, 0.717) is 12.6 Å². The quantitative estimate of drug-likeness (QED) is 0.829. The van der Waals surface area contributed by atoms with Crippen molar-refractivity contribution in [3.8, 4) is 0 Å². The van der Waals surface area contributed by atoms with Crippen LogP contribution >= 0.6 is 0 Å². The van der Waals surface area contributed by atoms with Gasteiger partial charge in [-0.15, -0.1) is 0 Å². The molecule has 2 saturated heterocycles. The van der Waals surface area contributed by atoms with E-state index >= 15 is 0 Å². The molecule has 2 N–H and O–H groups in total. The SMILES string of the molecule is NC(=O)C1CCCN1C1CCN(C(=O)C2=COCCC2)CC1. The number of nitrogens with zero attached hydrogens (tertiary/aromatic N) is 2. The third-order valence-corrected chi connectivity index (χ3v) is 5.05. The molecule has 0 aromatic heterocycles. The van der Waals surface area contributed by atoms with Crippen LogP contribution < -0.4 is 5.73 Å². The Morgan fingerprint density at radius 2 is 1.91 bits per heavy atom. The second-order valence-corrected chi connectivity index (χ2v) is 6.44. The van der Waals surface area contributed by atoms with E-state index in [0.717, 1.165) is 63.7 Å². The van der Waals surface area contributed by atoms with Crippen LogP contribution in [0.4, 0.5) is 0 Å². The summed E-state index contributed by atoms with van der Waals surface area (Å²) in [4.78, 5) is 28.2. The lowest BCUT2D eigenvalue weighted by Crippen LogP contribution is -2.51. The average Bonchev–Trinajstić information content (AvgIpc) is 3.05. The van der Waals surface area contributed by atoms with E-state index in [4.69, 9.17) is 10.5 Å². The van der Waals surface area contributed by atoms with E-state index in [9.17, 15) is 9.59 Å². The zero-order valence-corrected chi connectivity index (χ0v) is 13.0. The first-order valence-electron chi connectivity index (χ1n) is 8.32. The highest BCUT2D eigenvalue weighted by molar-refractivity contribution is 5.93. The van der Waals surface area contributed by atoms with Crippen LogP contribution in [0.1, 0.15) is 38.5 Å². The van der Waals surface area contributed by atoms with Gasteiger partial charge in [-0.1, -0.05) is 0 Å². The van der Waals surface area contributed by atoms with Crippen molar-refractivity contribution in [1.29, 1.82) is 0 Å². The van der Waals surface area contributed by atoms with Gasteiger partial charge >= 0.3 is 0 Å². The molecule has 3 heterocycles. The monoisotopic (exact) mass is 307 g/mol. The number of hydrogen-bond donors (Lipinski definition) is 1. The Morgan fingerprint density at radius 1 is 1.14 bits per heavy atom. The number of piperidine rings is 1. The summed E-state index contributed by atoms with van der Waals surface area (Å²) in [6.45, 7) is 3.17.